The van der Waals surface area contributed by atoms with Gasteiger partial charge >= 0.3 is 5.69 Å². The van der Waals surface area contributed by atoms with Gasteiger partial charge in [0.1, 0.15) is 0 Å². The second-order valence-electron chi connectivity index (χ2n) is 6.07. The summed E-state index contributed by atoms with van der Waals surface area (Å²) < 4.78 is 32.1. The van der Waals surface area contributed by atoms with E-state index in [1.54, 1.807) is 26.0 Å². The number of nitrogens with one attached hydrogen (secondary N) is 2. The van der Waals surface area contributed by atoms with Crippen molar-refractivity contribution in [1.82, 2.24) is 10.0 Å². The van der Waals surface area contributed by atoms with Crippen LogP contribution in [0, 0.1) is 24.0 Å². The van der Waals surface area contributed by atoms with Gasteiger partial charge in [0.05, 0.1) is 16.9 Å². The molecule has 0 bridgehead atoms. The quantitative estimate of drug-likeness (QED) is 0.391. The molecule has 28 heavy (non-hydrogen) atoms. The van der Waals surface area contributed by atoms with Crippen molar-refractivity contribution in [2.45, 2.75) is 18.7 Å². The number of methoxy groups -OCH3 is 1. The first-order valence-corrected chi connectivity index (χ1v) is 9.81. The predicted octanol–water partition coefficient (Wildman–Crippen LogP) is 1.93. The van der Waals surface area contributed by atoms with Crippen LogP contribution in [-0.2, 0) is 10.0 Å². The molecule has 1 amide bonds. The molecule has 0 atom stereocenters. The van der Waals surface area contributed by atoms with Crippen molar-refractivity contribution in [1.29, 1.82) is 0 Å². The first-order chi connectivity index (χ1) is 13.2. The Morgan fingerprint density at radius 1 is 1.14 bits per heavy atom. The average Bonchev–Trinajstić information content (AvgIpc) is 2.66. The Labute approximate surface area is 162 Å². The summed E-state index contributed by atoms with van der Waals surface area (Å²) in [4.78, 5) is 22.7. The Hall–Kier alpha value is -2.98. The first-order valence-electron chi connectivity index (χ1n) is 8.33. The predicted molar refractivity (Wildman–Crippen MR) is 103 cm³/mol. The average molecular weight is 407 g/mol. The zero-order chi connectivity index (χ0) is 20.9. The van der Waals surface area contributed by atoms with Gasteiger partial charge in [0.15, 0.2) is 5.75 Å². The molecule has 0 saturated carbocycles. The molecule has 10 heteroatoms. The fraction of sp³-hybridized carbons (Fsp3) is 0.278. The summed E-state index contributed by atoms with van der Waals surface area (Å²) in [7, 11) is -2.41. The highest BCUT2D eigenvalue weighted by Crippen LogP contribution is 2.27. The number of carbonyl (C=O) groups is 1. The highest BCUT2D eigenvalue weighted by molar-refractivity contribution is 7.89. The van der Waals surface area contributed by atoms with E-state index in [4.69, 9.17) is 4.74 Å². The lowest BCUT2D eigenvalue weighted by molar-refractivity contribution is -0.385. The monoisotopic (exact) mass is 407 g/mol. The van der Waals surface area contributed by atoms with Gasteiger partial charge in [0.2, 0.25) is 10.0 Å². The van der Waals surface area contributed by atoms with E-state index in [9.17, 15) is 23.3 Å². The first kappa shape index (κ1) is 21.3. The van der Waals surface area contributed by atoms with Crippen LogP contribution in [0.25, 0.3) is 0 Å². The van der Waals surface area contributed by atoms with Gasteiger partial charge in [-0.3, -0.25) is 14.9 Å². The number of benzene rings is 2. The maximum Gasteiger partial charge on any atom is 0.311 e. The number of nitro benzene ring substituents is 1. The third-order valence-corrected chi connectivity index (χ3v) is 5.58. The summed E-state index contributed by atoms with van der Waals surface area (Å²) in [6, 6.07) is 8.95. The minimum atomic E-state index is -3.71. The van der Waals surface area contributed by atoms with Crippen LogP contribution >= 0.6 is 0 Å². The summed E-state index contributed by atoms with van der Waals surface area (Å²) in [6.45, 7) is 3.49. The van der Waals surface area contributed by atoms with Crippen molar-refractivity contribution < 1.29 is 22.9 Å². The lowest BCUT2D eigenvalue weighted by Crippen LogP contribution is -2.35. The smallest absolute Gasteiger partial charge is 0.311 e. The third kappa shape index (κ3) is 5.05. The summed E-state index contributed by atoms with van der Waals surface area (Å²) in [5.41, 5.74) is 1.18. The normalized spacial score (nSPS) is 11.1. The van der Waals surface area contributed by atoms with Crippen LogP contribution in [0.4, 0.5) is 5.69 Å². The molecule has 9 nitrogen and oxygen atoms in total. The van der Waals surface area contributed by atoms with E-state index in [1.165, 1.54) is 19.2 Å². The number of nitro groups is 1. The zero-order valence-corrected chi connectivity index (χ0v) is 16.5. The van der Waals surface area contributed by atoms with Gasteiger partial charge in [-0.25, -0.2) is 13.1 Å². The maximum absolute atomic E-state index is 12.4. The van der Waals surface area contributed by atoms with E-state index < -0.39 is 20.9 Å². The molecule has 0 aliphatic carbocycles. The number of hydrogen-bond donors (Lipinski definition) is 2. The van der Waals surface area contributed by atoms with E-state index in [0.717, 1.165) is 11.6 Å². The van der Waals surface area contributed by atoms with Crippen LogP contribution in [0.5, 0.6) is 5.75 Å². The number of aryl methyl sites for hydroxylation is 2. The van der Waals surface area contributed by atoms with Gasteiger partial charge in [-0.1, -0.05) is 12.1 Å². The number of sulfonamides is 1. The highest BCUT2D eigenvalue weighted by Gasteiger charge is 2.19. The molecule has 2 aromatic rings. The minimum absolute atomic E-state index is 0.0166. The topological polar surface area (TPSA) is 128 Å². The van der Waals surface area contributed by atoms with Gasteiger partial charge in [0, 0.05) is 24.7 Å². The Kier molecular flexibility index (Phi) is 6.71. The van der Waals surface area contributed by atoms with Gasteiger partial charge in [0.25, 0.3) is 5.91 Å². The van der Waals surface area contributed by atoms with Crippen LogP contribution < -0.4 is 14.8 Å². The number of carbonyl (C=O) groups excluding carboxylic acids is 1. The molecule has 0 spiro atoms. The van der Waals surface area contributed by atoms with E-state index in [-0.39, 0.29) is 35.0 Å². The molecule has 2 N–H and O–H groups in total. The molecule has 0 unspecified atom stereocenters. The SMILES string of the molecule is COc1ccc(C(=O)NCCNS(=O)(=O)c2cc(C)ccc2C)cc1[N+](=O)[O-]. The lowest BCUT2D eigenvalue weighted by Gasteiger charge is -2.11. The summed E-state index contributed by atoms with van der Waals surface area (Å²) in [6.07, 6.45) is 0. The largest absolute Gasteiger partial charge is 0.490 e. The van der Waals surface area contributed by atoms with Crippen molar-refractivity contribution in [2.75, 3.05) is 20.2 Å². The minimum Gasteiger partial charge on any atom is -0.490 e. The Bertz CT molecular complexity index is 1000. The van der Waals surface area contributed by atoms with E-state index >= 15 is 0 Å². The van der Waals surface area contributed by atoms with Crippen LogP contribution in [-0.4, -0.2) is 39.4 Å². The molecule has 0 aromatic heterocycles. The van der Waals surface area contributed by atoms with Crippen molar-refractivity contribution in [2.24, 2.45) is 0 Å². The van der Waals surface area contributed by atoms with Crippen LogP contribution in [0.2, 0.25) is 0 Å². The molecule has 0 saturated heterocycles. The second kappa shape index (κ2) is 8.81. The Balaban J connectivity index is 1.98. The fourth-order valence-corrected chi connectivity index (χ4v) is 3.87. The molecule has 150 valence electrons. The van der Waals surface area contributed by atoms with Gasteiger partial charge in [-0.15, -0.1) is 0 Å². The molecule has 0 aliphatic heterocycles. The molecule has 0 fully saturated rings. The van der Waals surface area contributed by atoms with Crippen molar-refractivity contribution in [3.05, 3.63) is 63.2 Å². The van der Waals surface area contributed by atoms with Crippen LogP contribution in [0.1, 0.15) is 21.5 Å². The summed E-state index contributed by atoms with van der Waals surface area (Å²) >= 11 is 0. The molecular formula is C18H21N3O6S. The number of ether oxygens (including phenoxy) is 1. The van der Waals surface area contributed by atoms with Gasteiger partial charge < -0.3 is 10.1 Å². The third-order valence-electron chi connectivity index (χ3n) is 3.97. The molecule has 0 heterocycles. The maximum atomic E-state index is 12.4. The molecule has 0 aliphatic rings. The van der Waals surface area contributed by atoms with Crippen LogP contribution in [0.3, 0.4) is 0 Å². The number of rotatable bonds is 8. The second-order valence-corrected chi connectivity index (χ2v) is 7.80. The van der Waals surface area contributed by atoms with E-state index in [1.807, 2.05) is 6.07 Å². The number of hydrogen-bond acceptors (Lipinski definition) is 6. The van der Waals surface area contributed by atoms with E-state index in [0.29, 0.717) is 5.56 Å². The summed E-state index contributed by atoms with van der Waals surface area (Å²) in [5.74, 6) is -0.514. The lowest BCUT2D eigenvalue weighted by atomic mass is 10.1. The van der Waals surface area contributed by atoms with Gasteiger partial charge in [-0.05, 0) is 43.2 Å². The summed E-state index contributed by atoms with van der Waals surface area (Å²) in [5, 5.41) is 13.6. The van der Waals surface area contributed by atoms with E-state index in [2.05, 4.69) is 10.0 Å². The van der Waals surface area contributed by atoms with Crippen molar-refractivity contribution in [3.63, 3.8) is 0 Å². The highest BCUT2D eigenvalue weighted by atomic mass is 32.2. The fourth-order valence-electron chi connectivity index (χ4n) is 2.51. The standard InChI is InChI=1S/C18H21N3O6S/c1-12-4-5-13(2)17(10-12)28(25,26)20-9-8-19-18(22)14-6-7-16(27-3)15(11-14)21(23)24/h4-7,10-11,20H,8-9H2,1-3H3,(H,19,22). The number of amides is 1. The molecular weight excluding hydrogens is 386 g/mol. The van der Waals surface area contributed by atoms with Crippen molar-refractivity contribution >= 4 is 21.6 Å². The molecule has 2 aromatic carbocycles. The number of nitrogens with zero attached hydrogens (tertiary/aromatic N) is 1. The molecule has 0 radical (unpaired) electrons. The Morgan fingerprint density at radius 3 is 2.50 bits per heavy atom. The molecule has 2 rings (SSSR count). The zero-order valence-electron chi connectivity index (χ0n) is 15.7. The Morgan fingerprint density at radius 2 is 1.86 bits per heavy atom. The van der Waals surface area contributed by atoms with Gasteiger partial charge in [-0.2, -0.15) is 0 Å². The van der Waals surface area contributed by atoms with Crippen LogP contribution in [0.15, 0.2) is 41.3 Å². The van der Waals surface area contributed by atoms with Crippen molar-refractivity contribution in [3.8, 4) is 5.75 Å².